The summed E-state index contributed by atoms with van der Waals surface area (Å²) >= 11 is 0. The summed E-state index contributed by atoms with van der Waals surface area (Å²) in [7, 11) is 0. The monoisotopic (exact) mass is 377 g/mol. The maximum absolute atomic E-state index is 12.9. The molecule has 0 aliphatic carbocycles. The fourth-order valence-electron chi connectivity index (χ4n) is 1.51. The zero-order valence-electron chi connectivity index (χ0n) is 11.3. The van der Waals surface area contributed by atoms with E-state index in [2.05, 4.69) is 16.9 Å². The van der Waals surface area contributed by atoms with E-state index in [0.29, 0.717) is 19.0 Å². The molecule has 0 saturated heterocycles. The normalized spacial score (nSPS) is 11.6. The van der Waals surface area contributed by atoms with Crippen molar-refractivity contribution in [2.24, 2.45) is 10.7 Å². The van der Waals surface area contributed by atoms with Gasteiger partial charge >= 0.3 is 0 Å². The van der Waals surface area contributed by atoms with Crippen LogP contribution in [-0.4, -0.2) is 19.0 Å². The van der Waals surface area contributed by atoms with Gasteiger partial charge in [0.1, 0.15) is 5.82 Å². The predicted molar refractivity (Wildman–Crippen MR) is 89.5 cm³/mol. The maximum atomic E-state index is 12.9. The largest absolute Gasteiger partial charge is 0.370 e. The minimum atomic E-state index is -0.231. The first-order valence-electron chi connectivity index (χ1n) is 5.86. The van der Waals surface area contributed by atoms with Crippen molar-refractivity contribution in [3.63, 3.8) is 0 Å². The molecule has 0 spiro atoms. The summed E-state index contributed by atoms with van der Waals surface area (Å²) in [4.78, 5) is 4.27. The number of nitrogens with zero attached hydrogens (tertiary/aromatic N) is 1. The summed E-state index contributed by atoms with van der Waals surface area (Å²) in [6.45, 7) is 8.81. The van der Waals surface area contributed by atoms with Gasteiger partial charge in [0, 0.05) is 12.0 Å². The van der Waals surface area contributed by atoms with E-state index in [9.17, 15) is 4.39 Å². The van der Waals surface area contributed by atoms with Crippen molar-refractivity contribution < 1.29 is 4.39 Å². The van der Waals surface area contributed by atoms with Gasteiger partial charge in [0.25, 0.3) is 0 Å². The summed E-state index contributed by atoms with van der Waals surface area (Å²) in [5.74, 6) is 0.162. The number of nitrogens with two attached hydrogens (primary N) is 1. The highest BCUT2D eigenvalue weighted by atomic mass is 127. The van der Waals surface area contributed by atoms with E-state index < -0.39 is 0 Å². The molecule has 1 aromatic rings. The van der Waals surface area contributed by atoms with E-state index >= 15 is 0 Å². The topological polar surface area (TPSA) is 50.4 Å². The predicted octanol–water partition coefficient (Wildman–Crippen LogP) is 2.81. The highest BCUT2D eigenvalue weighted by Gasteiger charge is 2.20. The van der Waals surface area contributed by atoms with Gasteiger partial charge in [-0.1, -0.05) is 32.1 Å². The van der Waals surface area contributed by atoms with Crippen molar-refractivity contribution in [3.05, 3.63) is 48.3 Å². The number of nitrogens with one attached hydrogen (secondary N) is 1. The molecule has 0 aliphatic rings. The van der Waals surface area contributed by atoms with E-state index in [1.807, 2.05) is 13.8 Å². The van der Waals surface area contributed by atoms with Gasteiger partial charge in [0.05, 0.1) is 6.54 Å². The second kappa shape index (κ2) is 8.14. The van der Waals surface area contributed by atoms with Gasteiger partial charge in [-0.25, -0.2) is 4.39 Å². The fraction of sp³-hybridized carbons (Fsp3) is 0.357. The Hall–Kier alpha value is -1.11. The van der Waals surface area contributed by atoms with Crippen LogP contribution < -0.4 is 11.1 Å². The fourth-order valence-corrected chi connectivity index (χ4v) is 1.51. The lowest BCUT2D eigenvalue weighted by Crippen LogP contribution is -2.33. The number of benzene rings is 1. The third-order valence-electron chi connectivity index (χ3n) is 2.70. The Morgan fingerprint density at radius 3 is 2.53 bits per heavy atom. The molecule has 0 heterocycles. The Balaban J connectivity index is 0.00000324. The molecule has 5 heteroatoms. The van der Waals surface area contributed by atoms with Crippen molar-refractivity contribution in [1.29, 1.82) is 0 Å². The second-order valence-electron chi connectivity index (χ2n) is 4.76. The molecular formula is C14H21FIN3. The van der Waals surface area contributed by atoms with Crippen LogP contribution in [0.15, 0.2) is 41.9 Å². The van der Waals surface area contributed by atoms with Crippen LogP contribution in [0.25, 0.3) is 0 Å². The van der Waals surface area contributed by atoms with Crippen molar-refractivity contribution in [3.8, 4) is 0 Å². The number of hydrogen-bond acceptors (Lipinski definition) is 1. The van der Waals surface area contributed by atoms with Crippen molar-refractivity contribution in [2.45, 2.75) is 19.3 Å². The summed E-state index contributed by atoms with van der Waals surface area (Å²) in [5.41, 5.74) is 6.55. The van der Waals surface area contributed by atoms with Crippen LogP contribution in [0.1, 0.15) is 19.4 Å². The molecule has 0 aliphatic heterocycles. The summed E-state index contributed by atoms with van der Waals surface area (Å²) in [6, 6.07) is 6.47. The van der Waals surface area contributed by atoms with E-state index in [4.69, 9.17) is 5.73 Å². The summed E-state index contributed by atoms with van der Waals surface area (Å²) in [6.07, 6.45) is 1.72. The molecule has 0 amide bonds. The van der Waals surface area contributed by atoms with Crippen LogP contribution in [0, 0.1) is 5.82 Å². The lowest BCUT2D eigenvalue weighted by molar-refractivity contribution is 0.536. The Bertz CT molecular complexity index is 427. The third-order valence-corrected chi connectivity index (χ3v) is 2.70. The van der Waals surface area contributed by atoms with Gasteiger partial charge in [-0.15, -0.1) is 30.6 Å². The minimum absolute atomic E-state index is 0. The van der Waals surface area contributed by atoms with E-state index in [0.717, 1.165) is 5.56 Å². The van der Waals surface area contributed by atoms with Crippen LogP contribution in [0.3, 0.4) is 0 Å². The van der Waals surface area contributed by atoms with Crippen molar-refractivity contribution in [1.82, 2.24) is 5.32 Å². The molecule has 106 valence electrons. The molecule has 0 aromatic heterocycles. The molecule has 0 saturated carbocycles. The maximum Gasteiger partial charge on any atom is 0.188 e. The number of hydrogen-bond donors (Lipinski definition) is 2. The Morgan fingerprint density at radius 1 is 1.42 bits per heavy atom. The van der Waals surface area contributed by atoms with Gasteiger partial charge in [-0.05, 0) is 17.7 Å². The van der Waals surface area contributed by atoms with Crippen LogP contribution in [0.2, 0.25) is 0 Å². The molecule has 0 unspecified atom stereocenters. The Kier molecular flexibility index (Phi) is 7.66. The average molecular weight is 377 g/mol. The van der Waals surface area contributed by atoms with Crippen molar-refractivity contribution in [2.75, 3.05) is 13.1 Å². The molecule has 1 aromatic carbocycles. The highest BCUT2D eigenvalue weighted by Crippen LogP contribution is 2.23. The molecule has 0 fully saturated rings. The number of guanidine groups is 1. The lowest BCUT2D eigenvalue weighted by Gasteiger charge is -2.23. The second-order valence-corrected chi connectivity index (χ2v) is 4.76. The zero-order valence-corrected chi connectivity index (χ0v) is 13.6. The van der Waals surface area contributed by atoms with Crippen LogP contribution >= 0.6 is 24.0 Å². The van der Waals surface area contributed by atoms with Crippen LogP contribution in [-0.2, 0) is 5.41 Å². The quantitative estimate of drug-likeness (QED) is 0.359. The van der Waals surface area contributed by atoms with Gasteiger partial charge in [-0.2, -0.15) is 0 Å². The third kappa shape index (κ3) is 6.04. The highest BCUT2D eigenvalue weighted by molar-refractivity contribution is 14.0. The molecule has 0 bridgehead atoms. The SMILES string of the molecule is C=CCNC(N)=NCC(C)(C)c1ccc(F)cc1.I. The molecule has 19 heavy (non-hydrogen) atoms. The summed E-state index contributed by atoms with van der Waals surface area (Å²) in [5, 5.41) is 2.92. The van der Waals surface area contributed by atoms with E-state index in [1.165, 1.54) is 12.1 Å². The smallest absolute Gasteiger partial charge is 0.188 e. The Morgan fingerprint density at radius 2 is 2.00 bits per heavy atom. The first-order valence-corrected chi connectivity index (χ1v) is 5.86. The standard InChI is InChI=1S/C14H20FN3.HI/c1-4-9-17-13(16)18-10-14(2,3)11-5-7-12(15)8-6-11;/h4-8H,1,9-10H2,2-3H3,(H3,16,17,18);1H. The van der Waals surface area contributed by atoms with Crippen LogP contribution in [0.5, 0.6) is 0 Å². The van der Waals surface area contributed by atoms with E-state index in [-0.39, 0.29) is 35.2 Å². The van der Waals surface area contributed by atoms with Crippen LogP contribution in [0.4, 0.5) is 4.39 Å². The van der Waals surface area contributed by atoms with Gasteiger partial charge in [0.15, 0.2) is 5.96 Å². The van der Waals surface area contributed by atoms with E-state index in [1.54, 1.807) is 18.2 Å². The first-order chi connectivity index (χ1) is 8.45. The van der Waals surface area contributed by atoms with Gasteiger partial charge < -0.3 is 11.1 Å². The zero-order chi connectivity index (χ0) is 13.6. The molecule has 3 N–H and O–H groups in total. The molecule has 0 radical (unpaired) electrons. The molecule has 0 atom stereocenters. The number of rotatable bonds is 5. The minimum Gasteiger partial charge on any atom is -0.370 e. The molecular weight excluding hydrogens is 356 g/mol. The summed E-state index contributed by atoms with van der Waals surface area (Å²) < 4.78 is 12.9. The van der Waals surface area contributed by atoms with Gasteiger partial charge in [-0.3, -0.25) is 4.99 Å². The average Bonchev–Trinajstić information content (AvgIpc) is 2.34. The van der Waals surface area contributed by atoms with Crippen molar-refractivity contribution >= 4 is 29.9 Å². The number of halogens is 2. The first kappa shape index (κ1) is 17.9. The molecule has 3 nitrogen and oxygen atoms in total. The Labute approximate surface area is 131 Å². The van der Waals surface area contributed by atoms with Gasteiger partial charge in [0.2, 0.25) is 0 Å². The molecule has 1 rings (SSSR count). The number of aliphatic imine (C=N–C) groups is 1. The lowest BCUT2D eigenvalue weighted by atomic mass is 9.85.